The average Bonchev–Trinajstić information content (AvgIpc) is 3.11. The summed E-state index contributed by atoms with van der Waals surface area (Å²) < 4.78 is 12.5. The Morgan fingerprint density at radius 1 is 1.03 bits per heavy atom. The van der Waals surface area contributed by atoms with E-state index in [1.165, 1.54) is 13.2 Å². The number of benzene rings is 3. The molecule has 1 saturated heterocycles. The number of anilines is 1. The predicted octanol–water partition coefficient (Wildman–Crippen LogP) is 5.33. The monoisotopic (exact) mass is 613 g/mol. The Morgan fingerprint density at radius 2 is 1.69 bits per heavy atom. The van der Waals surface area contributed by atoms with Gasteiger partial charge in [-0.05, 0) is 73.3 Å². The lowest BCUT2D eigenvalue weighted by molar-refractivity contribution is -0.127. The second kappa shape index (κ2) is 11.4. The number of hydrogen-bond acceptors (Lipinski definition) is 5. The number of halogens is 2. The standard InChI is InChI=1S/C26H21Br2N3O5/c1-35-22-10-6-5-9-20(22)29-23(32)14-31-25(33)21(30-26(31)34)13-17-11-18(27)24(19(28)12-17)36-15-16-7-3-2-4-8-16/h2-13H,14-15H2,1H3,(H,29,32)(H,30,34)/b21-13+. The minimum atomic E-state index is -0.678. The van der Waals surface area contributed by atoms with Crippen LogP contribution >= 0.6 is 31.9 Å². The van der Waals surface area contributed by atoms with E-state index in [9.17, 15) is 14.4 Å². The summed E-state index contributed by atoms with van der Waals surface area (Å²) in [6.07, 6.45) is 1.54. The van der Waals surface area contributed by atoms with Crippen LogP contribution in [-0.2, 0) is 16.2 Å². The summed E-state index contributed by atoms with van der Waals surface area (Å²) in [5, 5.41) is 5.18. The zero-order valence-electron chi connectivity index (χ0n) is 19.1. The Balaban J connectivity index is 1.44. The first-order valence-corrected chi connectivity index (χ1v) is 12.4. The van der Waals surface area contributed by atoms with Crippen LogP contribution in [0.3, 0.4) is 0 Å². The highest BCUT2D eigenvalue weighted by Crippen LogP contribution is 2.36. The first-order chi connectivity index (χ1) is 17.4. The molecule has 0 atom stereocenters. The number of carbonyl (C=O) groups is 3. The molecule has 184 valence electrons. The van der Waals surface area contributed by atoms with Crippen molar-refractivity contribution in [3.05, 3.63) is 92.5 Å². The highest BCUT2D eigenvalue weighted by molar-refractivity contribution is 9.11. The van der Waals surface area contributed by atoms with Gasteiger partial charge in [0.05, 0.1) is 21.7 Å². The van der Waals surface area contributed by atoms with E-state index in [1.54, 1.807) is 36.4 Å². The Hall–Kier alpha value is -3.63. The number of amides is 4. The van der Waals surface area contributed by atoms with Gasteiger partial charge in [-0.3, -0.25) is 9.59 Å². The van der Waals surface area contributed by atoms with E-state index >= 15 is 0 Å². The van der Waals surface area contributed by atoms with Crippen LogP contribution in [0.15, 0.2) is 81.4 Å². The number of rotatable bonds is 8. The molecular weight excluding hydrogens is 594 g/mol. The van der Waals surface area contributed by atoms with Gasteiger partial charge in [0.15, 0.2) is 0 Å². The highest BCUT2D eigenvalue weighted by Gasteiger charge is 2.35. The lowest BCUT2D eigenvalue weighted by Crippen LogP contribution is -2.38. The summed E-state index contributed by atoms with van der Waals surface area (Å²) in [7, 11) is 1.48. The van der Waals surface area contributed by atoms with Gasteiger partial charge >= 0.3 is 6.03 Å². The molecular formula is C26H21Br2N3O5. The van der Waals surface area contributed by atoms with E-state index < -0.39 is 24.4 Å². The first-order valence-electron chi connectivity index (χ1n) is 10.8. The van der Waals surface area contributed by atoms with Gasteiger partial charge in [-0.15, -0.1) is 0 Å². The summed E-state index contributed by atoms with van der Waals surface area (Å²) in [5.41, 5.74) is 2.17. The Kier molecular flexibility index (Phi) is 8.07. The number of carbonyl (C=O) groups excluding carboxylic acids is 3. The van der Waals surface area contributed by atoms with Crippen molar-refractivity contribution < 1.29 is 23.9 Å². The molecule has 36 heavy (non-hydrogen) atoms. The SMILES string of the molecule is COc1ccccc1NC(=O)CN1C(=O)N/C(=C/c2cc(Br)c(OCc3ccccc3)c(Br)c2)C1=O. The van der Waals surface area contributed by atoms with Crippen molar-refractivity contribution in [2.75, 3.05) is 19.0 Å². The molecule has 10 heteroatoms. The smallest absolute Gasteiger partial charge is 0.329 e. The average molecular weight is 615 g/mol. The molecule has 0 unspecified atom stereocenters. The molecule has 4 amide bonds. The highest BCUT2D eigenvalue weighted by atomic mass is 79.9. The van der Waals surface area contributed by atoms with Crippen LogP contribution in [0, 0.1) is 0 Å². The van der Waals surface area contributed by atoms with Crippen molar-refractivity contribution in [2.45, 2.75) is 6.61 Å². The second-order valence-corrected chi connectivity index (χ2v) is 9.42. The van der Waals surface area contributed by atoms with Crippen LogP contribution in [0.4, 0.5) is 10.5 Å². The molecule has 0 spiro atoms. The zero-order valence-corrected chi connectivity index (χ0v) is 22.3. The maximum atomic E-state index is 12.8. The molecule has 1 aliphatic heterocycles. The number of hydrogen-bond donors (Lipinski definition) is 2. The van der Waals surface area contributed by atoms with Gasteiger partial charge in [-0.2, -0.15) is 0 Å². The van der Waals surface area contributed by atoms with E-state index in [-0.39, 0.29) is 5.70 Å². The van der Waals surface area contributed by atoms with Crippen molar-refractivity contribution in [1.82, 2.24) is 10.2 Å². The summed E-state index contributed by atoms with van der Waals surface area (Å²) in [5.74, 6) is -0.0603. The molecule has 1 aliphatic rings. The lowest BCUT2D eigenvalue weighted by atomic mass is 10.2. The van der Waals surface area contributed by atoms with Crippen LogP contribution in [0.5, 0.6) is 11.5 Å². The van der Waals surface area contributed by atoms with Crippen molar-refractivity contribution in [1.29, 1.82) is 0 Å². The maximum absolute atomic E-state index is 12.8. The normalized spacial score (nSPS) is 14.1. The van der Waals surface area contributed by atoms with Crippen LogP contribution < -0.4 is 20.1 Å². The van der Waals surface area contributed by atoms with Crippen LogP contribution in [0.2, 0.25) is 0 Å². The Bertz CT molecular complexity index is 1320. The van der Waals surface area contributed by atoms with E-state index in [4.69, 9.17) is 9.47 Å². The zero-order chi connectivity index (χ0) is 25.7. The summed E-state index contributed by atoms with van der Waals surface area (Å²) >= 11 is 7.01. The number of urea groups is 1. The van der Waals surface area contributed by atoms with Gasteiger partial charge in [0.1, 0.15) is 30.3 Å². The van der Waals surface area contributed by atoms with Gasteiger partial charge in [0.25, 0.3) is 5.91 Å². The fourth-order valence-electron chi connectivity index (χ4n) is 3.49. The van der Waals surface area contributed by atoms with Gasteiger partial charge in [-0.1, -0.05) is 42.5 Å². The van der Waals surface area contributed by atoms with Gasteiger partial charge in [-0.25, -0.2) is 9.69 Å². The molecule has 2 N–H and O–H groups in total. The van der Waals surface area contributed by atoms with E-state index in [0.29, 0.717) is 38.3 Å². The van der Waals surface area contributed by atoms with Gasteiger partial charge < -0.3 is 20.1 Å². The van der Waals surface area contributed by atoms with Gasteiger partial charge in [0, 0.05) is 0 Å². The number of imide groups is 1. The summed E-state index contributed by atoms with van der Waals surface area (Å²) in [6, 6.07) is 19.5. The Morgan fingerprint density at radius 3 is 2.39 bits per heavy atom. The van der Waals surface area contributed by atoms with E-state index in [0.717, 1.165) is 10.5 Å². The lowest BCUT2D eigenvalue weighted by Gasteiger charge is -2.13. The molecule has 0 saturated carbocycles. The Labute approximate surface area is 224 Å². The molecule has 0 aliphatic carbocycles. The van der Waals surface area contributed by atoms with Crippen LogP contribution in [0.1, 0.15) is 11.1 Å². The van der Waals surface area contributed by atoms with Crippen molar-refractivity contribution in [2.24, 2.45) is 0 Å². The van der Waals surface area contributed by atoms with Crippen LogP contribution in [-0.4, -0.2) is 36.4 Å². The minimum absolute atomic E-state index is 0.0573. The van der Waals surface area contributed by atoms with Crippen molar-refractivity contribution in [3.63, 3.8) is 0 Å². The number of para-hydroxylation sites is 2. The summed E-state index contributed by atoms with van der Waals surface area (Å²) in [6.45, 7) is -0.0569. The largest absolute Gasteiger partial charge is 0.495 e. The fraction of sp³-hybridized carbons (Fsp3) is 0.115. The third kappa shape index (κ3) is 5.95. The predicted molar refractivity (Wildman–Crippen MR) is 142 cm³/mol. The quantitative estimate of drug-likeness (QED) is 0.264. The molecule has 0 aromatic heterocycles. The molecule has 3 aromatic carbocycles. The topological polar surface area (TPSA) is 97.0 Å². The third-order valence-corrected chi connectivity index (χ3v) is 6.38. The second-order valence-electron chi connectivity index (χ2n) is 7.72. The van der Waals surface area contributed by atoms with Crippen molar-refractivity contribution >= 4 is 61.5 Å². The van der Waals surface area contributed by atoms with Gasteiger partial charge in [0.2, 0.25) is 5.91 Å². The molecule has 8 nitrogen and oxygen atoms in total. The maximum Gasteiger partial charge on any atom is 0.329 e. The van der Waals surface area contributed by atoms with Crippen LogP contribution in [0.25, 0.3) is 6.08 Å². The number of ether oxygens (including phenoxy) is 2. The number of nitrogens with one attached hydrogen (secondary N) is 2. The molecule has 0 bridgehead atoms. The molecule has 1 heterocycles. The number of nitrogens with zero attached hydrogens (tertiary/aromatic N) is 1. The summed E-state index contributed by atoms with van der Waals surface area (Å²) in [4.78, 5) is 38.6. The molecule has 3 aromatic rings. The van der Waals surface area contributed by atoms with E-state index in [2.05, 4.69) is 42.5 Å². The van der Waals surface area contributed by atoms with Crippen molar-refractivity contribution in [3.8, 4) is 11.5 Å². The molecule has 4 rings (SSSR count). The van der Waals surface area contributed by atoms with E-state index in [1.807, 2.05) is 30.3 Å². The fourth-order valence-corrected chi connectivity index (χ4v) is 4.94. The molecule has 1 fully saturated rings. The first kappa shape index (κ1) is 25.5. The molecule has 0 radical (unpaired) electrons. The minimum Gasteiger partial charge on any atom is -0.495 e. The third-order valence-electron chi connectivity index (χ3n) is 5.20. The number of methoxy groups -OCH3 is 1.